The standard InChI is InChI=1S/C7H15NO.ClH/c1-6-3-4-8-5-7(6)9-2;/h6-8H,3-5H2,1-2H3;1H/t6-,7+;/m0./s1. The number of nitrogens with one attached hydrogen (secondary N) is 1. The molecule has 2 nitrogen and oxygen atoms in total. The molecule has 1 rings (SSSR count). The minimum Gasteiger partial charge on any atom is -0.380 e. The van der Waals surface area contributed by atoms with Gasteiger partial charge < -0.3 is 10.1 Å². The molecule has 0 unspecified atom stereocenters. The maximum atomic E-state index is 5.24. The van der Waals surface area contributed by atoms with Crippen molar-refractivity contribution in [3.8, 4) is 0 Å². The average Bonchev–Trinajstić information content (AvgIpc) is 1.89. The Bertz CT molecular complexity index is 89.7. The largest absolute Gasteiger partial charge is 0.380 e. The smallest absolute Gasteiger partial charge is 0.0721 e. The van der Waals surface area contributed by atoms with Crippen molar-refractivity contribution >= 4 is 12.4 Å². The fourth-order valence-electron chi connectivity index (χ4n) is 1.28. The van der Waals surface area contributed by atoms with Crippen LogP contribution in [-0.4, -0.2) is 26.3 Å². The predicted octanol–water partition coefficient (Wildman–Crippen LogP) is 1.05. The van der Waals surface area contributed by atoms with Crippen LogP contribution >= 0.6 is 12.4 Å². The van der Waals surface area contributed by atoms with Gasteiger partial charge in [-0.25, -0.2) is 0 Å². The zero-order valence-electron chi connectivity index (χ0n) is 6.59. The first kappa shape index (κ1) is 10.2. The summed E-state index contributed by atoms with van der Waals surface area (Å²) in [5, 5.41) is 3.29. The number of hydrogen-bond acceptors (Lipinski definition) is 2. The van der Waals surface area contributed by atoms with Gasteiger partial charge >= 0.3 is 0 Å². The molecule has 0 aromatic rings. The van der Waals surface area contributed by atoms with Gasteiger partial charge in [-0.1, -0.05) is 6.92 Å². The van der Waals surface area contributed by atoms with Gasteiger partial charge in [0, 0.05) is 13.7 Å². The van der Waals surface area contributed by atoms with Crippen LogP contribution in [0, 0.1) is 5.92 Å². The SMILES string of the molecule is CO[C@@H]1CNCC[C@@H]1C.Cl. The first-order chi connectivity index (χ1) is 4.34. The Hall–Kier alpha value is 0.210. The average molecular weight is 166 g/mol. The van der Waals surface area contributed by atoms with E-state index < -0.39 is 0 Å². The number of piperidine rings is 1. The molecule has 0 bridgehead atoms. The van der Waals surface area contributed by atoms with Gasteiger partial charge in [-0.15, -0.1) is 12.4 Å². The summed E-state index contributed by atoms with van der Waals surface area (Å²) < 4.78 is 5.24. The molecule has 0 radical (unpaired) electrons. The van der Waals surface area contributed by atoms with Crippen molar-refractivity contribution in [2.24, 2.45) is 5.92 Å². The Morgan fingerprint density at radius 3 is 2.60 bits per heavy atom. The van der Waals surface area contributed by atoms with E-state index in [1.165, 1.54) is 6.42 Å². The molecule has 3 heteroatoms. The van der Waals surface area contributed by atoms with E-state index in [2.05, 4.69) is 12.2 Å². The summed E-state index contributed by atoms with van der Waals surface area (Å²) in [6.07, 6.45) is 1.69. The minimum absolute atomic E-state index is 0. The zero-order chi connectivity index (χ0) is 6.69. The summed E-state index contributed by atoms with van der Waals surface area (Å²) in [6, 6.07) is 0. The van der Waals surface area contributed by atoms with Crippen LogP contribution in [0.2, 0.25) is 0 Å². The van der Waals surface area contributed by atoms with Crippen molar-refractivity contribution in [2.45, 2.75) is 19.4 Å². The summed E-state index contributed by atoms with van der Waals surface area (Å²) in [5.41, 5.74) is 0. The van der Waals surface area contributed by atoms with Crippen molar-refractivity contribution in [1.29, 1.82) is 0 Å². The summed E-state index contributed by atoms with van der Waals surface area (Å²) in [6.45, 7) is 4.42. The van der Waals surface area contributed by atoms with E-state index in [9.17, 15) is 0 Å². The summed E-state index contributed by atoms with van der Waals surface area (Å²) >= 11 is 0. The third kappa shape index (κ3) is 2.45. The maximum Gasteiger partial charge on any atom is 0.0721 e. The van der Waals surface area contributed by atoms with E-state index in [-0.39, 0.29) is 12.4 Å². The van der Waals surface area contributed by atoms with Crippen molar-refractivity contribution in [3.05, 3.63) is 0 Å². The number of methoxy groups -OCH3 is 1. The highest BCUT2D eigenvalue weighted by Gasteiger charge is 2.19. The molecule has 0 aromatic heterocycles. The van der Waals surface area contributed by atoms with Gasteiger partial charge in [-0.3, -0.25) is 0 Å². The molecule has 1 aliphatic heterocycles. The molecule has 1 aliphatic rings. The van der Waals surface area contributed by atoms with Crippen LogP contribution in [0.5, 0.6) is 0 Å². The molecule has 62 valence electrons. The molecule has 1 heterocycles. The first-order valence-electron chi connectivity index (χ1n) is 3.58. The molecule has 1 saturated heterocycles. The van der Waals surface area contributed by atoms with Crippen LogP contribution in [0.25, 0.3) is 0 Å². The van der Waals surface area contributed by atoms with Crippen molar-refractivity contribution in [3.63, 3.8) is 0 Å². The summed E-state index contributed by atoms with van der Waals surface area (Å²) in [4.78, 5) is 0. The van der Waals surface area contributed by atoms with Gasteiger partial charge in [-0.05, 0) is 18.9 Å². The highest BCUT2D eigenvalue weighted by molar-refractivity contribution is 5.85. The lowest BCUT2D eigenvalue weighted by Gasteiger charge is -2.27. The fourth-order valence-corrected chi connectivity index (χ4v) is 1.28. The molecular formula is C7H16ClNO. The number of ether oxygens (including phenoxy) is 1. The van der Waals surface area contributed by atoms with Crippen LogP contribution in [0.15, 0.2) is 0 Å². The second kappa shape index (κ2) is 4.94. The highest BCUT2D eigenvalue weighted by atomic mass is 35.5. The van der Waals surface area contributed by atoms with Crippen molar-refractivity contribution in [2.75, 3.05) is 20.2 Å². The van der Waals surface area contributed by atoms with Crippen LogP contribution in [-0.2, 0) is 4.74 Å². The number of rotatable bonds is 1. The van der Waals surface area contributed by atoms with Gasteiger partial charge in [-0.2, -0.15) is 0 Å². The lowest BCUT2D eigenvalue weighted by molar-refractivity contribution is 0.0413. The lowest BCUT2D eigenvalue weighted by Crippen LogP contribution is -2.40. The monoisotopic (exact) mass is 165 g/mol. The van der Waals surface area contributed by atoms with Crippen LogP contribution < -0.4 is 5.32 Å². The van der Waals surface area contributed by atoms with E-state index in [0.717, 1.165) is 19.0 Å². The van der Waals surface area contributed by atoms with E-state index in [4.69, 9.17) is 4.74 Å². The van der Waals surface area contributed by atoms with E-state index in [1.54, 1.807) is 7.11 Å². The van der Waals surface area contributed by atoms with Crippen LogP contribution in [0.1, 0.15) is 13.3 Å². The van der Waals surface area contributed by atoms with Crippen molar-refractivity contribution < 1.29 is 4.74 Å². The molecule has 10 heavy (non-hydrogen) atoms. The Morgan fingerprint density at radius 1 is 1.50 bits per heavy atom. The summed E-state index contributed by atoms with van der Waals surface area (Å²) in [7, 11) is 1.79. The fraction of sp³-hybridized carbons (Fsp3) is 1.00. The Kier molecular flexibility index (Phi) is 5.04. The minimum atomic E-state index is 0. The topological polar surface area (TPSA) is 21.3 Å². The molecular weight excluding hydrogens is 150 g/mol. The van der Waals surface area contributed by atoms with Gasteiger partial charge in [0.2, 0.25) is 0 Å². The predicted molar refractivity (Wildman–Crippen MR) is 44.7 cm³/mol. The molecule has 0 saturated carbocycles. The first-order valence-corrected chi connectivity index (χ1v) is 3.58. The molecule has 0 aromatic carbocycles. The van der Waals surface area contributed by atoms with E-state index in [1.807, 2.05) is 0 Å². The van der Waals surface area contributed by atoms with Gasteiger partial charge in [0.15, 0.2) is 0 Å². The van der Waals surface area contributed by atoms with Gasteiger partial charge in [0.1, 0.15) is 0 Å². The van der Waals surface area contributed by atoms with Crippen LogP contribution in [0.3, 0.4) is 0 Å². The van der Waals surface area contributed by atoms with Crippen LogP contribution in [0.4, 0.5) is 0 Å². The Labute approximate surface area is 68.7 Å². The van der Waals surface area contributed by atoms with Crippen molar-refractivity contribution in [1.82, 2.24) is 5.32 Å². The third-order valence-electron chi connectivity index (χ3n) is 2.06. The van der Waals surface area contributed by atoms with Gasteiger partial charge in [0.25, 0.3) is 0 Å². The lowest BCUT2D eigenvalue weighted by atomic mass is 9.97. The highest BCUT2D eigenvalue weighted by Crippen LogP contribution is 2.12. The van der Waals surface area contributed by atoms with Gasteiger partial charge in [0.05, 0.1) is 6.10 Å². The Balaban J connectivity index is 0.000000810. The Morgan fingerprint density at radius 2 is 2.20 bits per heavy atom. The second-order valence-corrected chi connectivity index (χ2v) is 2.74. The third-order valence-corrected chi connectivity index (χ3v) is 2.06. The molecule has 1 fully saturated rings. The molecule has 0 aliphatic carbocycles. The molecule has 1 N–H and O–H groups in total. The zero-order valence-corrected chi connectivity index (χ0v) is 7.41. The normalized spacial score (nSPS) is 33.0. The number of halogens is 1. The summed E-state index contributed by atoms with van der Waals surface area (Å²) in [5.74, 6) is 0.733. The molecule has 0 spiro atoms. The maximum absolute atomic E-state index is 5.24. The molecule has 0 amide bonds. The quantitative estimate of drug-likeness (QED) is 0.628. The molecule has 2 atom stereocenters. The second-order valence-electron chi connectivity index (χ2n) is 2.74. The van der Waals surface area contributed by atoms with E-state index >= 15 is 0 Å². The van der Waals surface area contributed by atoms with E-state index in [0.29, 0.717) is 6.10 Å². The number of hydrogen-bond donors (Lipinski definition) is 1.